The van der Waals surface area contributed by atoms with E-state index in [1.54, 1.807) is 0 Å². The molecule has 9 rings (SSSR count). The Balaban J connectivity index is 1.35. The Morgan fingerprint density at radius 2 is 1.05 bits per heavy atom. The highest BCUT2D eigenvalue weighted by molar-refractivity contribution is 7.26. The Bertz CT molecular complexity index is 2360. The van der Waals surface area contributed by atoms with Crippen LogP contribution in [0.25, 0.3) is 75.1 Å². The molecule has 0 N–H and O–H groups in total. The molecule has 0 saturated heterocycles. The van der Waals surface area contributed by atoms with Gasteiger partial charge < -0.3 is 0 Å². The van der Waals surface area contributed by atoms with Crippen LogP contribution in [0.5, 0.6) is 0 Å². The molecular formula is C42H30S. The number of thiophene rings is 1. The fourth-order valence-electron chi connectivity index (χ4n) is 7.79. The SMILES string of the molecule is Cc1cc2c(c3sc4ccccc4c13)-c1ccc(-c3c4ccccc4c(-c4ccccc4)c4ccccc34)cc1C2(C)C. The zero-order chi connectivity index (χ0) is 28.9. The minimum absolute atomic E-state index is 0.0919. The molecule has 0 aliphatic heterocycles. The van der Waals surface area contributed by atoms with Crippen molar-refractivity contribution in [2.75, 3.05) is 0 Å². The van der Waals surface area contributed by atoms with Crippen molar-refractivity contribution in [1.29, 1.82) is 0 Å². The molecule has 0 nitrogen and oxygen atoms in total. The average molecular weight is 567 g/mol. The van der Waals surface area contributed by atoms with Crippen LogP contribution in [0.1, 0.15) is 30.5 Å². The van der Waals surface area contributed by atoms with Gasteiger partial charge in [-0.1, -0.05) is 129 Å². The minimum Gasteiger partial charge on any atom is -0.135 e. The van der Waals surface area contributed by atoms with Crippen LogP contribution < -0.4 is 0 Å². The molecule has 0 unspecified atom stereocenters. The molecule has 1 heterocycles. The lowest BCUT2D eigenvalue weighted by Crippen LogP contribution is -2.15. The maximum absolute atomic E-state index is 2.50. The van der Waals surface area contributed by atoms with E-state index in [0.29, 0.717) is 0 Å². The van der Waals surface area contributed by atoms with Crippen molar-refractivity contribution >= 4 is 53.1 Å². The quantitative estimate of drug-likeness (QED) is 0.183. The van der Waals surface area contributed by atoms with Crippen LogP contribution in [0.4, 0.5) is 0 Å². The third-order valence-corrected chi connectivity index (χ3v) is 11.0. The zero-order valence-corrected chi connectivity index (χ0v) is 25.3. The zero-order valence-electron chi connectivity index (χ0n) is 24.5. The summed E-state index contributed by atoms with van der Waals surface area (Å²) in [5.41, 5.74) is 12.2. The largest absolute Gasteiger partial charge is 0.135 e. The first-order valence-corrected chi connectivity index (χ1v) is 15.9. The summed E-state index contributed by atoms with van der Waals surface area (Å²) in [4.78, 5) is 0. The normalized spacial score (nSPS) is 13.7. The summed E-state index contributed by atoms with van der Waals surface area (Å²) in [7, 11) is 0. The topological polar surface area (TPSA) is 0 Å². The third kappa shape index (κ3) is 3.37. The molecule has 43 heavy (non-hydrogen) atoms. The number of hydrogen-bond donors (Lipinski definition) is 0. The number of rotatable bonds is 2. The summed E-state index contributed by atoms with van der Waals surface area (Å²) >= 11 is 1.95. The summed E-state index contributed by atoms with van der Waals surface area (Å²) in [5.74, 6) is 0. The Kier molecular flexibility index (Phi) is 5.14. The fraction of sp³-hybridized carbons (Fsp3) is 0.0952. The summed E-state index contributed by atoms with van der Waals surface area (Å²) in [6.45, 7) is 7.11. The van der Waals surface area contributed by atoms with E-state index >= 15 is 0 Å². The van der Waals surface area contributed by atoms with Crippen molar-refractivity contribution in [1.82, 2.24) is 0 Å². The lowest BCUT2D eigenvalue weighted by Gasteiger charge is -2.23. The van der Waals surface area contributed by atoms with Gasteiger partial charge in [-0.25, -0.2) is 0 Å². The van der Waals surface area contributed by atoms with Gasteiger partial charge in [0.05, 0.1) is 0 Å². The highest BCUT2D eigenvalue weighted by Gasteiger charge is 2.38. The van der Waals surface area contributed by atoms with E-state index in [9.17, 15) is 0 Å². The number of fused-ring (bicyclic) bond motifs is 9. The van der Waals surface area contributed by atoms with Crippen molar-refractivity contribution in [3.05, 3.63) is 144 Å². The second kappa shape index (κ2) is 8.89. The maximum atomic E-state index is 2.50. The first-order valence-electron chi connectivity index (χ1n) is 15.1. The lowest BCUT2D eigenvalue weighted by molar-refractivity contribution is 0.660. The van der Waals surface area contributed by atoms with E-state index in [4.69, 9.17) is 0 Å². The van der Waals surface area contributed by atoms with Gasteiger partial charge in [-0.3, -0.25) is 0 Å². The van der Waals surface area contributed by atoms with Crippen LogP contribution in [0.2, 0.25) is 0 Å². The van der Waals surface area contributed by atoms with Gasteiger partial charge >= 0.3 is 0 Å². The Morgan fingerprint density at radius 3 is 1.70 bits per heavy atom. The van der Waals surface area contributed by atoms with Gasteiger partial charge in [0.15, 0.2) is 0 Å². The van der Waals surface area contributed by atoms with Gasteiger partial charge in [0.2, 0.25) is 0 Å². The van der Waals surface area contributed by atoms with Gasteiger partial charge in [0, 0.05) is 31.2 Å². The van der Waals surface area contributed by atoms with Crippen molar-refractivity contribution in [3.8, 4) is 33.4 Å². The molecule has 0 atom stereocenters. The number of hydrogen-bond acceptors (Lipinski definition) is 1. The minimum atomic E-state index is -0.0919. The van der Waals surface area contributed by atoms with Gasteiger partial charge in [-0.2, -0.15) is 0 Å². The molecule has 0 fully saturated rings. The molecule has 204 valence electrons. The fourth-order valence-corrected chi connectivity index (χ4v) is 9.13. The standard InChI is InChI=1S/C42H30S/c1-25-23-35-40(41-37(25)33-19-11-12-20-36(33)43-41)32-22-21-27(24-34(32)42(35,2)3)39-30-17-9-7-15-28(30)38(26-13-5-4-6-14-26)29-16-8-10-18-31(29)39/h4-24H,1-3H3. The molecule has 0 radical (unpaired) electrons. The Hall–Kier alpha value is -4.72. The van der Waals surface area contributed by atoms with Gasteiger partial charge in [0.1, 0.15) is 0 Å². The average Bonchev–Trinajstić information content (AvgIpc) is 3.53. The molecule has 1 heteroatoms. The molecular weight excluding hydrogens is 537 g/mol. The third-order valence-electron chi connectivity index (χ3n) is 9.77. The molecule has 0 amide bonds. The lowest BCUT2D eigenvalue weighted by atomic mass is 9.80. The van der Waals surface area contributed by atoms with E-state index in [1.807, 2.05) is 11.3 Å². The number of benzene rings is 7. The van der Waals surface area contributed by atoms with Crippen LogP contribution in [0.15, 0.2) is 127 Å². The molecule has 0 bridgehead atoms. The van der Waals surface area contributed by atoms with Gasteiger partial charge in [-0.05, 0) is 85.1 Å². The van der Waals surface area contributed by atoms with Crippen molar-refractivity contribution in [2.45, 2.75) is 26.2 Å². The molecule has 0 saturated carbocycles. The predicted molar refractivity (Wildman–Crippen MR) is 188 cm³/mol. The van der Waals surface area contributed by atoms with Gasteiger partial charge in [0.25, 0.3) is 0 Å². The molecule has 1 aliphatic rings. The Morgan fingerprint density at radius 1 is 0.488 bits per heavy atom. The predicted octanol–water partition coefficient (Wildman–Crippen LogP) is 12.3. The molecule has 7 aromatic carbocycles. The molecule has 1 aliphatic carbocycles. The molecule has 1 aromatic heterocycles. The summed E-state index contributed by atoms with van der Waals surface area (Å²) < 4.78 is 2.80. The van der Waals surface area contributed by atoms with Crippen molar-refractivity contribution < 1.29 is 0 Å². The highest BCUT2D eigenvalue weighted by atomic mass is 32.1. The van der Waals surface area contributed by atoms with Crippen LogP contribution in [-0.2, 0) is 5.41 Å². The molecule has 0 spiro atoms. The van der Waals surface area contributed by atoms with E-state index in [0.717, 1.165) is 0 Å². The monoisotopic (exact) mass is 566 g/mol. The number of aryl methyl sites for hydroxylation is 1. The summed E-state index contributed by atoms with van der Waals surface area (Å²) in [6.07, 6.45) is 0. The molecule has 8 aromatic rings. The van der Waals surface area contributed by atoms with Crippen molar-refractivity contribution in [3.63, 3.8) is 0 Å². The summed E-state index contributed by atoms with van der Waals surface area (Å²) in [6, 6.07) is 47.4. The second-order valence-corrected chi connectivity index (χ2v) is 13.6. The van der Waals surface area contributed by atoms with Crippen LogP contribution in [-0.4, -0.2) is 0 Å². The van der Waals surface area contributed by atoms with E-state index < -0.39 is 0 Å². The van der Waals surface area contributed by atoms with Crippen LogP contribution in [0.3, 0.4) is 0 Å². The van der Waals surface area contributed by atoms with E-state index in [-0.39, 0.29) is 5.41 Å². The van der Waals surface area contributed by atoms with Crippen LogP contribution in [0, 0.1) is 6.92 Å². The first-order chi connectivity index (χ1) is 21.0. The van der Waals surface area contributed by atoms with E-state index in [2.05, 4.69) is 148 Å². The first kappa shape index (κ1) is 24.8. The summed E-state index contributed by atoms with van der Waals surface area (Å²) in [5, 5.41) is 8.00. The van der Waals surface area contributed by atoms with Crippen LogP contribution >= 0.6 is 11.3 Å². The Labute approximate surface area is 255 Å². The van der Waals surface area contributed by atoms with Gasteiger partial charge in [-0.15, -0.1) is 11.3 Å². The van der Waals surface area contributed by atoms with Crippen molar-refractivity contribution in [2.24, 2.45) is 0 Å². The maximum Gasteiger partial charge on any atom is 0.0439 e. The smallest absolute Gasteiger partial charge is 0.0439 e. The van der Waals surface area contributed by atoms with E-state index in [1.165, 1.54) is 91.8 Å². The second-order valence-electron chi connectivity index (χ2n) is 12.5. The highest BCUT2D eigenvalue weighted by Crippen LogP contribution is 2.56.